The van der Waals surface area contributed by atoms with Crippen LogP contribution in [0.15, 0.2) is 22.7 Å². The molecule has 92 valence electrons. The molecule has 0 radical (unpaired) electrons. The van der Waals surface area contributed by atoms with Crippen molar-refractivity contribution in [3.8, 4) is 5.75 Å². The van der Waals surface area contributed by atoms with Crippen LogP contribution in [0.5, 0.6) is 5.75 Å². The number of amides is 2. The number of likely N-dealkylation sites (N-methyl/N-ethyl adjacent to an activating group) is 2. The van der Waals surface area contributed by atoms with Gasteiger partial charge in [-0.1, -0.05) is 15.9 Å². The highest BCUT2D eigenvalue weighted by atomic mass is 79.9. The average Bonchev–Trinajstić information content (AvgIpc) is 2.57. The third kappa shape index (κ3) is 2.11. The van der Waals surface area contributed by atoms with E-state index in [0.717, 1.165) is 15.8 Å². The number of benzene rings is 1. The van der Waals surface area contributed by atoms with Crippen LogP contribution in [0.2, 0.25) is 0 Å². The standard InChI is InChI=1S/C12H15BrN2O2/c1-14-7-10(15(2)12(14)16)9-6-8(13)4-5-11(9)17-3/h4-6,10H,7H2,1-3H3. The van der Waals surface area contributed by atoms with Crippen LogP contribution in [0.3, 0.4) is 0 Å². The zero-order valence-electron chi connectivity index (χ0n) is 10.1. The lowest BCUT2D eigenvalue weighted by atomic mass is 10.1. The van der Waals surface area contributed by atoms with Gasteiger partial charge in [0, 0.05) is 30.7 Å². The highest BCUT2D eigenvalue weighted by molar-refractivity contribution is 9.10. The second-order valence-corrected chi connectivity index (χ2v) is 5.09. The zero-order valence-corrected chi connectivity index (χ0v) is 11.7. The van der Waals surface area contributed by atoms with Gasteiger partial charge in [0.15, 0.2) is 0 Å². The van der Waals surface area contributed by atoms with E-state index in [4.69, 9.17) is 4.74 Å². The lowest BCUT2D eigenvalue weighted by Gasteiger charge is -2.20. The Bertz CT molecular complexity index is 450. The first-order valence-electron chi connectivity index (χ1n) is 5.36. The molecule has 0 spiro atoms. The average molecular weight is 299 g/mol. The SMILES string of the molecule is COc1ccc(Br)cc1C1CN(C)C(=O)N1C. The van der Waals surface area contributed by atoms with Gasteiger partial charge in [0.1, 0.15) is 5.75 Å². The van der Waals surface area contributed by atoms with Gasteiger partial charge in [-0.3, -0.25) is 0 Å². The number of hydrogen-bond acceptors (Lipinski definition) is 2. The van der Waals surface area contributed by atoms with Crippen LogP contribution in [0.25, 0.3) is 0 Å². The van der Waals surface area contributed by atoms with E-state index in [1.807, 2.05) is 32.3 Å². The van der Waals surface area contributed by atoms with Gasteiger partial charge < -0.3 is 14.5 Å². The minimum Gasteiger partial charge on any atom is -0.496 e. The molecule has 4 nitrogen and oxygen atoms in total. The number of hydrogen-bond donors (Lipinski definition) is 0. The van der Waals surface area contributed by atoms with Crippen LogP contribution in [0.4, 0.5) is 4.79 Å². The molecule has 0 N–H and O–H groups in total. The van der Waals surface area contributed by atoms with Crippen molar-refractivity contribution in [3.63, 3.8) is 0 Å². The molecule has 0 aromatic heterocycles. The van der Waals surface area contributed by atoms with Crippen molar-refractivity contribution >= 4 is 22.0 Å². The second-order valence-electron chi connectivity index (χ2n) is 4.18. The topological polar surface area (TPSA) is 32.8 Å². The Hall–Kier alpha value is -1.23. The van der Waals surface area contributed by atoms with E-state index < -0.39 is 0 Å². The van der Waals surface area contributed by atoms with Gasteiger partial charge in [0.2, 0.25) is 0 Å². The van der Waals surface area contributed by atoms with Crippen LogP contribution in [-0.2, 0) is 0 Å². The summed E-state index contributed by atoms with van der Waals surface area (Å²) in [6.45, 7) is 0.683. The maximum absolute atomic E-state index is 11.8. The number of urea groups is 1. The third-order valence-electron chi connectivity index (χ3n) is 3.09. The first-order chi connectivity index (χ1) is 8.04. The lowest BCUT2D eigenvalue weighted by molar-refractivity contribution is 0.201. The molecule has 2 amide bonds. The van der Waals surface area contributed by atoms with Crippen LogP contribution in [0, 0.1) is 0 Å². The molecular formula is C12H15BrN2O2. The number of halogens is 1. The molecule has 1 aliphatic heterocycles. The molecule has 1 atom stereocenters. The summed E-state index contributed by atoms with van der Waals surface area (Å²) >= 11 is 3.45. The van der Waals surface area contributed by atoms with Crippen molar-refractivity contribution < 1.29 is 9.53 Å². The number of carbonyl (C=O) groups is 1. The number of rotatable bonds is 2. The largest absolute Gasteiger partial charge is 0.496 e. The van der Waals surface area contributed by atoms with Crippen molar-refractivity contribution in [3.05, 3.63) is 28.2 Å². The summed E-state index contributed by atoms with van der Waals surface area (Å²) in [6.07, 6.45) is 0. The Balaban J connectivity index is 2.40. The molecule has 1 aromatic rings. The molecule has 0 saturated carbocycles. The summed E-state index contributed by atoms with van der Waals surface area (Å²) in [6, 6.07) is 5.93. The number of ether oxygens (including phenoxy) is 1. The summed E-state index contributed by atoms with van der Waals surface area (Å²) in [5.74, 6) is 0.813. The van der Waals surface area contributed by atoms with Gasteiger partial charge in [0.25, 0.3) is 0 Å². The Kier molecular flexibility index (Phi) is 3.28. The van der Waals surface area contributed by atoms with Crippen molar-refractivity contribution in [2.75, 3.05) is 27.7 Å². The molecule has 1 unspecified atom stereocenters. The molecule has 0 bridgehead atoms. The monoisotopic (exact) mass is 298 g/mol. The van der Waals surface area contributed by atoms with E-state index >= 15 is 0 Å². The summed E-state index contributed by atoms with van der Waals surface area (Å²) in [5.41, 5.74) is 1.03. The van der Waals surface area contributed by atoms with E-state index in [9.17, 15) is 4.79 Å². The minimum absolute atomic E-state index is 0.0389. The van der Waals surface area contributed by atoms with Crippen LogP contribution in [-0.4, -0.2) is 43.6 Å². The predicted molar refractivity (Wildman–Crippen MR) is 69.2 cm³/mol. The highest BCUT2D eigenvalue weighted by Gasteiger charge is 2.34. The molecule has 0 aliphatic carbocycles. The Morgan fingerprint density at radius 2 is 2.12 bits per heavy atom. The fourth-order valence-electron chi connectivity index (χ4n) is 2.14. The Labute approximate surface area is 109 Å². The lowest BCUT2D eigenvalue weighted by Crippen LogP contribution is -2.26. The minimum atomic E-state index is 0.0389. The molecule has 1 fully saturated rings. The van der Waals surface area contributed by atoms with Crippen molar-refractivity contribution in [2.45, 2.75) is 6.04 Å². The second kappa shape index (κ2) is 4.56. The van der Waals surface area contributed by atoms with E-state index in [2.05, 4.69) is 15.9 Å². The maximum atomic E-state index is 11.8. The molecule has 1 heterocycles. The van der Waals surface area contributed by atoms with Gasteiger partial charge in [-0.2, -0.15) is 0 Å². The van der Waals surface area contributed by atoms with Crippen molar-refractivity contribution in [1.29, 1.82) is 0 Å². The maximum Gasteiger partial charge on any atom is 0.320 e. The van der Waals surface area contributed by atoms with E-state index in [1.165, 1.54) is 0 Å². The summed E-state index contributed by atoms with van der Waals surface area (Å²) < 4.78 is 6.34. The van der Waals surface area contributed by atoms with Crippen LogP contribution in [0.1, 0.15) is 11.6 Å². The quantitative estimate of drug-likeness (QED) is 0.840. The highest BCUT2D eigenvalue weighted by Crippen LogP contribution is 2.35. The number of nitrogens with zero attached hydrogens (tertiary/aromatic N) is 2. The predicted octanol–water partition coefficient (Wildman–Crippen LogP) is 2.50. The van der Waals surface area contributed by atoms with Gasteiger partial charge >= 0.3 is 6.03 Å². The Morgan fingerprint density at radius 1 is 1.41 bits per heavy atom. The van der Waals surface area contributed by atoms with Crippen LogP contribution < -0.4 is 4.74 Å². The first kappa shape index (κ1) is 12.2. The summed E-state index contributed by atoms with van der Waals surface area (Å²) in [4.78, 5) is 15.2. The normalized spacial score (nSPS) is 20.0. The molecule has 2 rings (SSSR count). The smallest absolute Gasteiger partial charge is 0.320 e. The molecule has 1 saturated heterocycles. The van der Waals surface area contributed by atoms with Gasteiger partial charge in [-0.05, 0) is 18.2 Å². The summed E-state index contributed by atoms with van der Waals surface area (Å²) in [7, 11) is 5.27. The first-order valence-corrected chi connectivity index (χ1v) is 6.15. The number of carbonyl (C=O) groups excluding carboxylic acids is 1. The van der Waals surface area contributed by atoms with Crippen LogP contribution >= 0.6 is 15.9 Å². The Morgan fingerprint density at radius 3 is 2.65 bits per heavy atom. The van der Waals surface area contributed by atoms with Crippen molar-refractivity contribution in [2.24, 2.45) is 0 Å². The molecule has 17 heavy (non-hydrogen) atoms. The molecule has 5 heteroatoms. The van der Waals surface area contributed by atoms with Gasteiger partial charge in [-0.15, -0.1) is 0 Å². The van der Waals surface area contributed by atoms with Crippen molar-refractivity contribution in [1.82, 2.24) is 9.80 Å². The molecular weight excluding hydrogens is 284 g/mol. The number of methoxy groups -OCH3 is 1. The van der Waals surface area contributed by atoms with E-state index in [0.29, 0.717) is 6.54 Å². The fourth-order valence-corrected chi connectivity index (χ4v) is 2.51. The van der Waals surface area contributed by atoms with Gasteiger partial charge in [-0.25, -0.2) is 4.79 Å². The zero-order chi connectivity index (χ0) is 12.6. The third-order valence-corrected chi connectivity index (χ3v) is 3.59. The molecule has 1 aromatic carbocycles. The van der Waals surface area contributed by atoms with E-state index in [-0.39, 0.29) is 12.1 Å². The molecule has 1 aliphatic rings. The van der Waals surface area contributed by atoms with E-state index in [1.54, 1.807) is 16.9 Å². The van der Waals surface area contributed by atoms with Gasteiger partial charge in [0.05, 0.1) is 13.2 Å². The summed E-state index contributed by atoms with van der Waals surface area (Å²) in [5, 5.41) is 0. The fraction of sp³-hybridized carbons (Fsp3) is 0.417.